The van der Waals surface area contributed by atoms with E-state index in [4.69, 9.17) is 5.11 Å². The molecule has 0 aliphatic heterocycles. The zero-order valence-corrected chi connectivity index (χ0v) is 7.05. The zero-order chi connectivity index (χ0) is 8.36. The van der Waals surface area contributed by atoms with E-state index in [1.807, 2.05) is 0 Å². The molecular weight excluding hydrogens is 156 g/mol. The number of aliphatic hydroxyl groups is 1. The van der Waals surface area contributed by atoms with Crippen LogP contribution in [0.25, 0.3) is 0 Å². The van der Waals surface area contributed by atoms with E-state index in [-0.39, 0.29) is 0 Å². The highest BCUT2D eigenvalue weighted by Crippen LogP contribution is 2.00. The van der Waals surface area contributed by atoms with Crippen LogP contribution in [0.3, 0.4) is 0 Å². The van der Waals surface area contributed by atoms with Crippen LogP contribution in [0.2, 0.25) is 0 Å². The molecule has 0 unspecified atom stereocenters. The molecule has 0 spiro atoms. The van der Waals surface area contributed by atoms with Gasteiger partial charge in [-0.1, -0.05) is 0 Å². The molecule has 0 radical (unpaired) electrons. The highest BCUT2D eigenvalue weighted by Gasteiger charge is 2.14. The minimum atomic E-state index is -3.43. The van der Waals surface area contributed by atoms with Crippen LogP contribution in [0.15, 0.2) is 0 Å². The molecule has 0 saturated carbocycles. The van der Waals surface area contributed by atoms with Gasteiger partial charge in [0.2, 0.25) is 0 Å². The first-order valence-electron chi connectivity index (χ1n) is 2.89. The molecule has 0 aromatic rings. The molecule has 1 N–H and O–H groups in total. The van der Waals surface area contributed by atoms with Gasteiger partial charge < -0.3 is 5.11 Å². The van der Waals surface area contributed by atoms with E-state index in [9.17, 15) is 8.42 Å². The van der Waals surface area contributed by atoms with Crippen LogP contribution in [0, 0.1) is 0 Å². The van der Waals surface area contributed by atoms with Crippen molar-refractivity contribution in [1.29, 1.82) is 0 Å². The molecule has 0 amide bonds. The standard InChI is InChI=1S/C5H12O4S/c1-4(6)5(2)9-10(3,7)8/h4-6H,1-3H3/t4-,5-/m1/s1. The molecule has 0 saturated heterocycles. The van der Waals surface area contributed by atoms with Crippen molar-refractivity contribution in [3.8, 4) is 0 Å². The van der Waals surface area contributed by atoms with Crippen LogP contribution >= 0.6 is 0 Å². The van der Waals surface area contributed by atoms with Gasteiger partial charge in [0, 0.05) is 0 Å². The minimum Gasteiger partial charge on any atom is -0.391 e. The van der Waals surface area contributed by atoms with Crippen molar-refractivity contribution in [3.63, 3.8) is 0 Å². The molecule has 0 aliphatic carbocycles. The summed E-state index contributed by atoms with van der Waals surface area (Å²) in [5.74, 6) is 0. The summed E-state index contributed by atoms with van der Waals surface area (Å²) in [5.41, 5.74) is 0. The van der Waals surface area contributed by atoms with Crippen LogP contribution < -0.4 is 0 Å². The summed E-state index contributed by atoms with van der Waals surface area (Å²) in [5, 5.41) is 8.79. The van der Waals surface area contributed by atoms with Crippen molar-refractivity contribution < 1.29 is 17.7 Å². The highest BCUT2D eigenvalue weighted by atomic mass is 32.2. The molecule has 0 aliphatic rings. The average Bonchev–Trinajstić information content (AvgIpc) is 1.60. The lowest BCUT2D eigenvalue weighted by Crippen LogP contribution is -2.25. The molecule has 4 nitrogen and oxygen atoms in total. The maximum Gasteiger partial charge on any atom is 0.264 e. The van der Waals surface area contributed by atoms with Crippen molar-refractivity contribution in [2.75, 3.05) is 6.26 Å². The summed E-state index contributed by atoms with van der Waals surface area (Å²) in [6, 6.07) is 0. The third-order valence-corrected chi connectivity index (χ3v) is 1.66. The number of hydrogen-bond acceptors (Lipinski definition) is 4. The fourth-order valence-corrected chi connectivity index (χ4v) is 1.07. The second-order valence-electron chi connectivity index (χ2n) is 2.25. The Bertz CT molecular complexity index is 182. The molecule has 0 heterocycles. The molecule has 0 fully saturated rings. The van der Waals surface area contributed by atoms with Gasteiger partial charge in [-0.15, -0.1) is 0 Å². The lowest BCUT2D eigenvalue weighted by Gasteiger charge is -2.12. The SMILES string of the molecule is C[C@@H](O)[C@@H](C)OS(C)(=O)=O. The molecule has 0 bridgehead atoms. The van der Waals surface area contributed by atoms with Gasteiger partial charge in [0.1, 0.15) is 0 Å². The summed E-state index contributed by atoms with van der Waals surface area (Å²) in [4.78, 5) is 0. The van der Waals surface area contributed by atoms with Crippen LogP contribution in [-0.4, -0.2) is 32.0 Å². The van der Waals surface area contributed by atoms with Gasteiger partial charge in [0.15, 0.2) is 0 Å². The van der Waals surface area contributed by atoms with E-state index in [2.05, 4.69) is 4.18 Å². The predicted molar refractivity (Wildman–Crippen MR) is 37.1 cm³/mol. The number of hydrogen-bond donors (Lipinski definition) is 1. The van der Waals surface area contributed by atoms with E-state index in [1.54, 1.807) is 0 Å². The topological polar surface area (TPSA) is 63.6 Å². The van der Waals surface area contributed by atoms with E-state index in [0.29, 0.717) is 0 Å². The van der Waals surface area contributed by atoms with Crippen molar-refractivity contribution in [3.05, 3.63) is 0 Å². The largest absolute Gasteiger partial charge is 0.391 e. The minimum absolute atomic E-state index is 0.671. The third-order valence-electron chi connectivity index (χ3n) is 1.01. The first kappa shape index (κ1) is 9.87. The van der Waals surface area contributed by atoms with Crippen LogP contribution in [0.4, 0.5) is 0 Å². The lowest BCUT2D eigenvalue weighted by molar-refractivity contribution is 0.0653. The van der Waals surface area contributed by atoms with E-state index < -0.39 is 22.3 Å². The molecule has 5 heteroatoms. The Labute approximate surface area is 60.9 Å². The Morgan fingerprint density at radius 2 is 1.80 bits per heavy atom. The maximum atomic E-state index is 10.4. The summed E-state index contributed by atoms with van der Waals surface area (Å²) < 4.78 is 25.2. The van der Waals surface area contributed by atoms with Gasteiger partial charge in [-0.2, -0.15) is 8.42 Å². The van der Waals surface area contributed by atoms with E-state index in [0.717, 1.165) is 6.26 Å². The first-order chi connectivity index (χ1) is 4.33. The third kappa shape index (κ3) is 4.72. The first-order valence-corrected chi connectivity index (χ1v) is 4.71. The quantitative estimate of drug-likeness (QED) is 0.589. The van der Waals surface area contributed by atoms with Crippen molar-refractivity contribution in [2.45, 2.75) is 26.1 Å². The fraction of sp³-hybridized carbons (Fsp3) is 1.00. The van der Waals surface area contributed by atoms with Gasteiger partial charge in [-0.05, 0) is 13.8 Å². The normalized spacial score (nSPS) is 18.4. The molecular formula is C5H12O4S. The Morgan fingerprint density at radius 3 is 1.90 bits per heavy atom. The molecule has 62 valence electrons. The molecule has 0 aromatic heterocycles. The summed E-state index contributed by atoms with van der Waals surface area (Å²) >= 11 is 0. The number of aliphatic hydroxyl groups excluding tert-OH is 1. The maximum absolute atomic E-state index is 10.4. The molecule has 10 heavy (non-hydrogen) atoms. The average molecular weight is 168 g/mol. The summed E-state index contributed by atoms with van der Waals surface area (Å²) in [7, 11) is -3.43. The second kappa shape index (κ2) is 3.32. The van der Waals surface area contributed by atoms with Crippen LogP contribution in [0.1, 0.15) is 13.8 Å². The van der Waals surface area contributed by atoms with E-state index >= 15 is 0 Å². The Hall–Kier alpha value is -0.130. The predicted octanol–water partition coefficient (Wildman–Crippen LogP) is -0.268. The monoisotopic (exact) mass is 168 g/mol. The number of rotatable bonds is 3. The molecule has 0 rings (SSSR count). The van der Waals surface area contributed by atoms with Crippen molar-refractivity contribution >= 4 is 10.1 Å². The van der Waals surface area contributed by atoms with Gasteiger partial charge in [-0.25, -0.2) is 0 Å². The van der Waals surface area contributed by atoms with Crippen LogP contribution in [-0.2, 0) is 14.3 Å². The Balaban J connectivity index is 3.93. The zero-order valence-electron chi connectivity index (χ0n) is 6.23. The fourth-order valence-electron chi connectivity index (χ4n) is 0.356. The summed E-state index contributed by atoms with van der Waals surface area (Å²) in [6.07, 6.45) is -0.490. The van der Waals surface area contributed by atoms with Gasteiger partial charge >= 0.3 is 0 Å². The molecule has 0 aromatic carbocycles. The van der Waals surface area contributed by atoms with Gasteiger partial charge in [0.25, 0.3) is 10.1 Å². The van der Waals surface area contributed by atoms with Gasteiger partial charge in [-0.3, -0.25) is 4.18 Å². The van der Waals surface area contributed by atoms with E-state index in [1.165, 1.54) is 13.8 Å². The Morgan fingerprint density at radius 1 is 1.40 bits per heavy atom. The second-order valence-corrected chi connectivity index (χ2v) is 3.85. The summed E-state index contributed by atoms with van der Waals surface area (Å²) in [6.45, 7) is 2.96. The van der Waals surface area contributed by atoms with Gasteiger partial charge in [0.05, 0.1) is 18.5 Å². The Kier molecular flexibility index (Phi) is 3.27. The smallest absolute Gasteiger partial charge is 0.264 e. The van der Waals surface area contributed by atoms with Crippen LogP contribution in [0.5, 0.6) is 0 Å². The lowest BCUT2D eigenvalue weighted by atomic mass is 10.3. The van der Waals surface area contributed by atoms with Crippen molar-refractivity contribution in [1.82, 2.24) is 0 Å². The molecule has 2 atom stereocenters. The van der Waals surface area contributed by atoms with Crippen molar-refractivity contribution in [2.24, 2.45) is 0 Å². The highest BCUT2D eigenvalue weighted by molar-refractivity contribution is 7.86.